The molecule has 2 aromatic carbocycles. The summed E-state index contributed by atoms with van der Waals surface area (Å²) < 4.78 is 5.19. The van der Waals surface area contributed by atoms with Crippen LogP contribution in [0.2, 0.25) is 0 Å². The lowest BCUT2D eigenvalue weighted by Gasteiger charge is -2.11. The molecule has 2 rings (SSSR count). The molecule has 0 aliphatic heterocycles. The summed E-state index contributed by atoms with van der Waals surface area (Å²) in [5.74, 6) is 0.729. The van der Waals surface area contributed by atoms with Gasteiger partial charge in [-0.2, -0.15) is 4.91 Å². The van der Waals surface area contributed by atoms with Crippen LogP contribution in [0, 0.1) is 10.8 Å². The van der Waals surface area contributed by atoms with Crippen LogP contribution in [-0.2, 0) is 6.42 Å². The van der Waals surface area contributed by atoms with Crippen LogP contribution < -0.4 is 4.74 Å². The summed E-state index contributed by atoms with van der Waals surface area (Å²) >= 11 is 0. The minimum absolute atomic E-state index is 0.0214. The molecule has 1 unspecified atom stereocenters. The quantitative estimate of drug-likeness (QED) is 0.811. The first-order valence-corrected chi connectivity index (χ1v) is 6.23. The molecule has 0 heterocycles. The van der Waals surface area contributed by atoms with Gasteiger partial charge in [0.1, 0.15) is 5.75 Å². The van der Waals surface area contributed by atoms with E-state index in [1.54, 1.807) is 7.11 Å². The van der Waals surface area contributed by atoms with Crippen molar-refractivity contribution in [1.29, 1.82) is 0 Å². The second kappa shape index (κ2) is 6.29. The summed E-state index contributed by atoms with van der Waals surface area (Å²) in [6.07, 6.45) is 0.657. The Morgan fingerprint density at radius 3 is 2.63 bits per heavy atom. The van der Waals surface area contributed by atoms with Crippen LogP contribution in [0.25, 0.3) is 10.8 Å². The summed E-state index contributed by atoms with van der Waals surface area (Å²) in [5, 5.41) is 14.3. The van der Waals surface area contributed by atoms with Gasteiger partial charge in [-0.25, -0.2) is 0 Å². The van der Waals surface area contributed by atoms with E-state index in [1.165, 1.54) is 0 Å². The zero-order valence-corrected chi connectivity index (χ0v) is 10.9. The Balaban J connectivity index is 2.23. The molecule has 0 fully saturated rings. The van der Waals surface area contributed by atoms with Gasteiger partial charge in [0.15, 0.2) is 0 Å². The van der Waals surface area contributed by atoms with E-state index in [0.717, 1.165) is 22.1 Å². The van der Waals surface area contributed by atoms with E-state index >= 15 is 0 Å². The monoisotopic (exact) mass is 259 g/mol. The molecular weight excluding hydrogens is 242 g/mol. The Hall–Kier alpha value is -1.94. The number of nitroso groups, excluding NO2 is 1. The van der Waals surface area contributed by atoms with Crippen molar-refractivity contribution < 1.29 is 9.84 Å². The maximum atomic E-state index is 10.3. The number of hydrogen-bond acceptors (Lipinski definition) is 4. The largest absolute Gasteiger partial charge is 0.497 e. The molecule has 0 saturated heterocycles. The van der Waals surface area contributed by atoms with E-state index in [1.807, 2.05) is 30.3 Å². The maximum Gasteiger partial charge on any atom is 0.119 e. The predicted molar refractivity (Wildman–Crippen MR) is 75.4 cm³/mol. The number of hydrogen-bond donors (Lipinski definition) is 1. The number of aliphatic hydroxyl groups is 1. The lowest BCUT2D eigenvalue weighted by Crippen LogP contribution is -2.12. The van der Waals surface area contributed by atoms with Crippen molar-refractivity contribution in [2.75, 3.05) is 20.3 Å². The number of rotatable bonds is 6. The van der Waals surface area contributed by atoms with Crippen LogP contribution in [0.3, 0.4) is 0 Å². The summed E-state index contributed by atoms with van der Waals surface area (Å²) in [6.45, 7) is 0.129. The van der Waals surface area contributed by atoms with E-state index in [4.69, 9.17) is 4.74 Å². The van der Waals surface area contributed by atoms with Crippen molar-refractivity contribution in [2.45, 2.75) is 6.42 Å². The Kier molecular flexibility index (Phi) is 4.47. The first kappa shape index (κ1) is 13.5. The highest BCUT2D eigenvalue weighted by Crippen LogP contribution is 2.23. The molecule has 1 N–H and O–H groups in total. The zero-order chi connectivity index (χ0) is 13.7. The summed E-state index contributed by atoms with van der Waals surface area (Å²) in [7, 11) is 1.65. The Bertz CT molecular complexity index is 568. The number of fused-ring (bicyclic) bond motifs is 1. The van der Waals surface area contributed by atoms with Crippen molar-refractivity contribution in [3.8, 4) is 5.75 Å². The van der Waals surface area contributed by atoms with E-state index in [0.29, 0.717) is 6.42 Å². The fourth-order valence-electron chi connectivity index (χ4n) is 2.15. The molecular formula is C15H17NO3. The molecule has 19 heavy (non-hydrogen) atoms. The van der Waals surface area contributed by atoms with E-state index in [-0.39, 0.29) is 19.1 Å². The van der Waals surface area contributed by atoms with Gasteiger partial charge in [-0.15, -0.1) is 0 Å². The SMILES string of the molecule is COc1ccc2cc(CC(CO)CN=O)ccc2c1. The van der Waals surface area contributed by atoms with Crippen molar-refractivity contribution in [3.05, 3.63) is 46.9 Å². The Morgan fingerprint density at radius 1 is 1.21 bits per heavy atom. The van der Waals surface area contributed by atoms with Gasteiger partial charge in [-0.1, -0.05) is 29.4 Å². The highest BCUT2D eigenvalue weighted by atomic mass is 16.5. The van der Waals surface area contributed by atoms with E-state index in [2.05, 4.69) is 11.2 Å². The normalized spacial score (nSPS) is 12.3. The molecule has 1 atom stereocenters. The van der Waals surface area contributed by atoms with Crippen LogP contribution in [0.15, 0.2) is 41.6 Å². The number of nitrogens with zero attached hydrogens (tertiary/aromatic N) is 1. The van der Waals surface area contributed by atoms with Gasteiger partial charge in [-0.3, -0.25) is 0 Å². The van der Waals surface area contributed by atoms with Gasteiger partial charge in [0.05, 0.1) is 13.7 Å². The zero-order valence-electron chi connectivity index (χ0n) is 10.9. The molecule has 0 aliphatic carbocycles. The Morgan fingerprint density at radius 2 is 1.95 bits per heavy atom. The van der Waals surface area contributed by atoms with Crippen molar-refractivity contribution in [1.82, 2.24) is 0 Å². The third kappa shape index (κ3) is 3.29. The lowest BCUT2D eigenvalue weighted by atomic mass is 9.98. The molecule has 0 aliphatic rings. The van der Waals surface area contributed by atoms with Crippen LogP contribution in [0.4, 0.5) is 0 Å². The molecule has 4 heteroatoms. The van der Waals surface area contributed by atoms with E-state index in [9.17, 15) is 10.0 Å². The minimum Gasteiger partial charge on any atom is -0.497 e. The fraction of sp³-hybridized carbons (Fsp3) is 0.333. The van der Waals surface area contributed by atoms with Crippen molar-refractivity contribution in [2.24, 2.45) is 11.1 Å². The average Bonchev–Trinajstić information content (AvgIpc) is 2.46. The average molecular weight is 259 g/mol. The third-order valence-corrected chi connectivity index (χ3v) is 3.23. The van der Waals surface area contributed by atoms with Gasteiger partial charge < -0.3 is 9.84 Å². The molecule has 100 valence electrons. The first-order chi connectivity index (χ1) is 9.26. The highest BCUT2D eigenvalue weighted by molar-refractivity contribution is 5.84. The van der Waals surface area contributed by atoms with Gasteiger partial charge in [0, 0.05) is 12.5 Å². The van der Waals surface area contributed by atoms with Gasteiger partial charge >= 0.3 is 0 Å². The molecule has 0 amide bonds. The number of ether oxygens (including phenoxy) is 1. The summed E-state index contributed by atoms with van der Waals surface area (Å²) in [5.41, 5.74) is 1.10. The Labute approximate surface area is 112 Å². The molecule has 0 radical (unpaired) electrons. The molecule has 0 aromatic heterocycles. The predicted octanol–water partition coefficient (Wildman–Crippen LogP) is 2.77. The highest BCUT2D eigenvalue weighted by Gasteiger charge is 2.09. The van der Waals surface area contributed by atoms with Crippen LogP contribution >= 0.6 is 0 Å². The van der Waals surface area contributed by atoms with Crippen LogP contribution in [0.1, 0.15) is 5.56 Å². The molecule has 2 aromatic rings. The minimum atomic E-state index is -0.104. The topological polar surface area (TPSA) is 58.9 Å². The summed E-state index contributed by atoms with van der Waals surface area (Å²) in [4.78, 5) is 10.3. The molecule has 0 spiro atoms. The molecule has 4 nitrogen and oxygen atoms in total. The van der Waals surface area contributed by atoms with Crippen LogP contribution in [0.5, 0.6) is 5.75 Å². The maximum absolute atomic E-state index is 10.3. The molecule has 0 saturated carbocycles. The number of benzene rings is 2. The smallest absolute Gasteiger partial charge is 0.119 e. The van der Waals surface area contributed by atoms with E-state index < -0.39 is 0 Å². The first-order valence-electron chi connectivity index (χ1n) is 6.23. The van der Waals surface area contributed by atoms with Crippen molar-refractivity contribution in [3.63, 3.8) is 0 Å². The second-order valence-corrected chi connectivity index (χ2v) is 4.61. The number of aliphatic hydroxyl groups excluding tert-OH is 1. The second-order valence-electron chi connectivity index (χ2n) is 4.61. The third-order valence-electron chi connectivity index (χ3n) is 3.23. The standard InChI is InChI=1S/C15H17NO3/c1-19-15-5-4-13-7-11(2-3-14(13)8-15)6-12(10-17)9-16-18/h2-5,7-8,12,17H,6,9-10H2,1H3. The van der Waals surface area contributed by atoms with Crippen LogP contribution in [-0.4, -0.2) is 25.4 Å². The fourth-order valence-corrected chi connectivity index (χ4v) is 2.15. The number of methoxy groups -OCH3 is 1. The van der Waals surface area contributed by atoms with Gasteiger partial charge in [-0.05, 0) is 34.9 Å². The summed E-state index contributed by atoms with van der Waals surface area (Å²) in [6, 6.07) is 12.0. The lowest BCUT2D eigenvalue weighted by molar-refractivity contribution is 0.230. The van der Waals surface area contributed by atoms with Crippen molar-refractivity contribution >= 4 is 10.8 Å². The van der Waals surface area contributed by atoms with Gasteiger partial charge in [0.2, 0.25) is 0 Å². The molecule has 0 bridgehead atoms. The van der Waals surface area contributed by atoms with Gasteiger partial charge in [0.25, 0.3) is 0 Å².